The number of hydrogen-bond acceptors (Lipinski definition) is 6. The van der Waals surface area contributed by atoms with Gasteiger partial charge in [0.2, 0.25) is 0 Å². The number of carbonyl (C=O) groups excluding carboxylic acids is 1. The van der Waals surface area contributed by atoms with Crippen molar-refractivity contribution in [2.45, 2.75) is 13.0 Å². The molecular weight excluding hydrogens is 400 g/mol. The first kappa shape index (κ1) is 22.2. The molecule has 3 N–H and O–H groups in total. The minimum atomic E-state index is -0.128. The van der Waals surface area contributed by atoms with E-state index in [1.165, 1.54) is 4.88 Å². The number of ether oxygens (including phenoxy) is 1. The van der Waals surface area contributed by atoms with Crippen LogP contribution in [0.15, 0.2) is 47.0 Å². The molecule has 2 aromatic heterocycles. The molecule has 3 heterocycles. The molecule has 162 valence electrons. The Morgan fingerprint density at radius 2 is 2.07 bits per heavy atom. The highest BCUT2D eigenvalue weighted by molar-refractivity contribution is 7.10. The Balaban J connectivity index is 1.52. The maximum absolute atomic E-state index is 12.1. The van der Waals surface area contributed by atoms with Crippen molar-refractivity contribution < 1.29 is 9.53 Å². The molecule has 1 unspecified atom stereocenters. The molecule has 9 heteroatoms. The highest BCUT2D eigenvalue weighted by Gasteiger charge is 2.23. The van der Waals surface area contributed by atoms with Crippen LogP contribution in [0.5, 0.6) is 0 Å². The maximum atomic E-state index is 12.1. The third-order valence-corrected chi connectivity index (χ3v) is 5.72. The highest BCUT2D eigenvalue weighted by Crippen LogP contribution is 2.26. The summed E-state index contributed by atoms with van der Waals surface area (Å²) < 4.78 is 5.51. The lowest BCUT2D eigenvalue weighted by Crippen LogP contribution is -2.43. The smallest absolute Gasteiger partial charge is 0.252 e. The van der Waals surface area contributed by atoms with Crippen LogP contribution in [0.25, 0.3) is 0 Å². The molecule has 1 fully saturated rings. The molecule has 1 amide bonds. The lowest BCUT2D eigenvalue weighted by molar-refractivity contribution is 0.0186. The molecule has 1 saturated heterocycles. The van der Waals surface area contributed by atoms with E-state index in [-0.39, 0.29) is 11.9 Å². The van der Waals surface area contributed by atoms with Crippen molar-refractivity contribution in [3.8, 4) is 0 Å². The first-order chi connectivity index (χ1) is 14.8. The van der Waals surface area contributed by atoms with Gasteiger partial charge in [-0.05, 0) is 30.5 Å². The van der Waals surface area contributed by atoms with Gasteiger partial charge >= 0.3 is 0 Å². The monoisotopic (exact) mass is 430 g/mol. The zero-order valence-electron chi connectivity index (χ0n) is 17.3. The minimum absolute atomic E-state index is 0.128. The summed E-state index contributed by atoms with van der Waals surface area (Å²) >= 11 is 1.77. The number of hydrogen-bond donors (Lipinski definition) is 3. The normalized spacial score (nSPS) is 16.1. The van der Waals surface area contributed by atoms with Crippen molar-refractivity contribution in [2.75, 3.05) is 52.5 Å². The molecule has 1 atom stereocenters. The average Bonchev–Trinajstić information content (AvgIpc) is 3.32. The minimum Gasteiger partial charge on any atom is -0.379 e. The van der Waals surface area contributed by atoms with Crippen molar-refractivity contribution in [1.82, 2.24) is 25.8 Å². The molecule has 8 nitrogen and oxygen atoms in total. The Morgan fingerprint density at radius 3 is 2.77 bits per heavy atom. The number of pyridine rings is 1. The molecule has 0 aliphatic carbocycles. The van der Waals surface area contributed by atoms with Gasteiger partial charge in [0.15, 0.2) is 5.96 Å². The fourth-order valence-corrected chi connectivity index (χ4v) is 4.08. The van der Waals surface area contributed by atoms with Crippen molar-refractivity contribution in [2.24, 2.45) is 4.99 Å². The molecule has 1 aliphatic heterocycles. The van der Waals surface area contributed by atoms with E-state index in [2.05, 4.69) is 43.3 Å². The molecule has 2 aromatic rings. The number of morpholine rings is 1. The van der Waals surface area contributed by atoms with Gasteiger partial charge in [0.05, 0.1) is 31.4 Å². The molecular formula is C21H30N6O2S. The van der Waals surface area contributed by atoms with E-state index in [4.69, 9.17) is 9.73 Å². The molecule has 0 bridgehead atoms. The molecule has 0 spiro atoms. The highest BCUT2D eigenvalue weighted by atomic mass is 32.1. The van der Waals surface area contributed by atoms with Gasteiger partial charge in [-0.2, -0.15) is 0 Å². The number of thiophene rings is 1. The standard InChI is InChI=1S/C21H30N6O2S/c1-2-23-21(25-9-8-24-20(28)17-5-3-7-22-15-17)26-16-18(19-6-4-14-30-19)27-10-12-29-13-11-27/h3-7,14-15,18H,2,8-13,16H2,1H3,(H,24,28)(H2,23,25,26). The Labute approximate surface area is 181 Å². The Bertz CT molecular complexity index is 778. The summed E-state index contributed by atoms with van der Waals surface area (Å²) in [7, 11) is 0. The van der Waals surface area contributed by atoms with E-state index in [0.717, 1.165) is 38.8 Å². The fourth-order valence-electron chi connectivity index (χ4n) is 3.23. The molecule has 0 saturated carbocycles. The van der Waals surface area contributed by atoms with E-state index >= 15 is 0 Å². The van der Waals surface area contributed by atoms with E-state index < -0.39 is 0 Å². The van der Waals surface area contributed by atoms with E-state index in [9.17, 15) is 4.79 Å². The molecule has 0 aromatic carbocycles. The van der Waals surface area contributed by atoms with Gasteiger partial charge in [0.25, 0.3) is 5.91 Å². The number of amides is 1. The second kappa shape index (κ2) is 12.3. The van der Waals surface area contributed by atoms with Crippen molar-refractivity contribution >= 4 is 23.2 Å². The van der Waals surface area contributed by atoms with Gasteiger partial charge < -0.3 is 20.7 Å². The van der Waals surface area contributed by atoms with Gasteiger partial charge in [0, 0.05) is 50.0 Å². The number of rotatable bonds is 9. The van der Waals surface area contributed by atoms with Crippen LogP contribution in [0, 0.1) is 0 Å². The van der Waals surface area contributed by atoms with Gasteiger partial charge in [0.1, 0.15) is 0 Å². The van der Waals surface area contributed by atoms with Crippen LogP contribution in [-0.4, -0.2) is 74.2 Å². The third-order valence-electron chi connectivity index (χ3n) is 4.75. The van der Waals surface area contributed by atoms with Gasteiger partial charge in [-0.15, -0.1) is 11.3 Å². The van der Waals surface area contributed by atoms with Crippen LogP contribution in [0.1, 0.15) is 28.2 Å². The predicted octanol–water partition coefficient (Wildman–Crippen LogP) is 1.50. The van der Waals surface area contributed by atoms with E-state index in [1.54, 1.807) is 35.9 Å². The lowest BCUT2D eigenvalue weighted by Gasteiger charge is -2.33. The topological polar surface area (TPSA) is 90.9 Å². The van der Waals surface area contributed by atoms with Crippen LogP contribution in [0.2, 0.25) is 0 Å². The third kappa shape index (κ3) is 6.79. The summed E-state index contributed by atoms with van der Waals surface area (Å²) in [6.07, 6.45) is 3.21. The van der Waals surface area contributed by atoms with Crippen molar-refractivity contribution in [1.29, 1.82) is 0 Å². The summed E-state index contributed by atoms with van der Waals surface area (Å²) in [6.45, 7) is 7.92. The number of nitrogens with one attached hydrogen (secondary N) is 3. The fraction of sp³-hybridized carbons (Fsp3) is 0.476. The van der Waals surface area contributed by atoms with Crippen LogP contribution < -0.4 is 16.0 Å². The number of aromatic nitrogens is 1. The first-order valence-electron chi connectivity index (χ1n) is 10.3. The van der Waals surface area contributed by atoms with Gasteiger partial charge in [-0.25, -0.2) is 0 Å². The molecule has 0 radical (unpaired) electrons. The largest absolute Gasteiger partial charge is 0.379 e. The van der Waals surface area contributed by atoms with Crippen LogP contribution in [0.3, 0.4) is 0 Å². The Morgan fingerprint density at radius 1 is 1.23 bits per heavy atom. The zero-order valence-corrected chi connectivity index (χ0v) is 18.2. The SMILES string of the molecule is CCNC(=NCC(c1cccs1)N1CCOCC1)NCCNC(=O)c1cccnc1. The maximum Gasteiger partial charge on any atom is 0.252 e. The Kier molecular flexibility index (Phi) is 9.07. The van der Waals surface area contributed by atoms with E-state index in [1.807, 2.05) is 6.92 Å². The van der Waals surface area contributed by atoms with Crippen LogP contribution in [0.4, 0.5) is 0 Å². The summed E-state index contributed by atoms with van der Waals surface area (Å²) in [5.41, 5.74) is 0.558. The second-order valence-electron chi connectivity index (χ2n) is 6.82. The van der Waals surface area contributed by atoms with Crippen molar-refractivity contribution in [3.63, 3.8) is 0 Å². The second-order valence-corrected chi connectivity index (χ2v) is 7.80. The number of carbonyl (C=O) groups is 1. The van der Waals surface area contributed by atoms with Gasteiger partial charge in [-0.3, -0.25) is 19.7 Å². The molecule has 1 aliphatic rings. The molecule has 30 heavy (non-hydrogen) atoms. The van der Waals surface area contributed by atoms with Crippen LogP contribution in [-0.2, 0) is 4.74 Å². The first-order valence-corrected chi connectivity index (χ1v) is 11.2. The summed E-state index contributed by atoms with van der Waals surface area (Å²) in [5, 5.41) is 11.6. The molecule has 3 rings (SSSR count). The Hall–Kier alpha value is -2.49. The summed E-state index contributed by atoms with van der Waals surface area (Å²) in [6, 6.07) is 8.01. The summed E-state index contributed by atoms with van der Waals surface area (Å²) in [5.74, 6) is 0.625. The zero-order chi connectivity index (χ0) is 21.0. The van der Waals surface area contributed by atoms with Crippen molar-refractivity contribution in [3.05, 3.63) is 52.5 Å². The number of aliphatic imine (C=N–C) groups is 1. The predicted molar refractivity (Wildman–Crippen MR) is 120 cm³/mol. The quantitative estimate of drug-likeness (QED) is 0.317. The number of guanidine groups is 1. The van der Waals surface area contributed by atoms with Gasteiger partial charge in [-0.1, -0.05) is 6.07 Å². The average molecular weight is 431 g/mol. The van der Waals surface area contributed by atoms with Crippen LogP contribution >= 0.6 is 11.3 Å². The lowest BCUT2D eigenvalue weighted by atomic mass is 10.2. The number of nitrogens with zero attached hydrogens (tertiary/aromatic N) is 3. The summed E-state index contributed by atoms with van der Waals surface area (Å²) in [4.78, 5) is 24.6. The van der Waals surface area contributed by atoms with E-state index in [0.29, 0.717) is 25.2 Å².